The maximum absolute atomic E-state index is 12.0. The minimum atomic E-state index is 0. The normalized spacial score (nSPS) is 10.7. The Kier molecular flexibility index (Phi) is 8.81. The topological polar surface area (TPSA) is 74.4 Å². The minimum absolute atomic E-state index is 0. The second-order valence-corrected chi connectivity index (χ2v) is 12.2. The van der Waals surface area contributed by atoms with Crippen LogP contribution in [0.3, 0.4) is 0 Å². The van der Waals surface area contributed by atoms with Crippen LogP contribution in [0.1, 0.15) is 0 Å². The van der Waals surface area contributed by atoms with E-state index in [2.05, 4.69) is 58.5 Å². The van der Waals surface area contributed by atoms with Crippen LogP contribution in [0.15, 0.2) is 146 Å². The average Bonchev–Trinajstić information content (AvgIpc) is 3.71. The van der Waals surface area contributed by atoms with Crippen LogP contribution in [0.4, 0.5) is 0 Å². The van der Waals surface area contributed by atoms with Crippen LogP contribution >= 0.6 is 22.7 Å². The van der Waals surface area contributed by atoms with Gasteiger partial charge in [0.15, 0.2) is 0 Å². The van der Waals surface area contributed by atoms with Gasteiger partial charge in [0.2, 0.25) is 11.0 Å². The summed E-state index contributed by atoms with van der Waals surface area (Å²) >= 11 is 3.26. The van der Waals surface area contributed by atoms with E-state index in [0.717, 1.165) is 32.2 Å². The van der Waals surface area contributed by atoms with E-state index in [4.69, 9.17) is 0 Å². The van der Waals surface area contributed by atoms with Crippen molar-refractivity contribution in [3.05, 3.63) is 146 Å². The number of aromatic nitrogens is 2. The van der Waals surface area contributed by atoms with Crippen molar-refractivity contribution in [1.29, 1.82) is 0 Å². The van der Waals surface area contributed by atoms with Crippen LogP contribution in [0.2, 0.25) is 0 Å². The minimum Gasteiger partial charge on any atom is -0.872 e. The number of fused-ring (bicyclic) bond motifs is 2. The zero-order valence-corrected chi connectivity index (χ0v) is 25.8. The van der Waals surface area contributed by atoms with E-state index in [9.17, 15) is 10.2 Å². The van der Waals surface area contributed by atoms with Gasteiger partial charge in [-0.3, -0.25) is 0 Å². The molecule has 0 atom stereocenters. The molecule has 8 rings (SSSR count). The van der Waals surface area contributed by atoms with Gasteiger partial charge in [-0.25, -0.2) is 0 Å². The van der Waals surface area contributed by atoms with E-state index in [-0.39, 0.29) is 21.6 Å². The molecule has 212 valence electrons. The summed E-state index contributed by atoms with van der Waals surface area (Å²) in [6, 6.07) is 47.3. The first kappa shape index (κ1) is 29.9. The number of rotatable bonds is 4. The number of nitrogens with one attached hydrogen (secondary N) is 2. The van der Waals surface area contributed by atoms with E-state index >= 15 is 0 Å². The van der Waals surface area contributed by atoms with Gasteiger partial charge in [0.1, 0.15) is 9.40 Å². The molecule has 0 aliphatic carbocycles. The Morgan fingerprint density at radius 3 is 1.13 bits per heavy atom. The maximum Gasteiger partial charge on any atom is 2.00 e. The second-order valence-electron chi connectivity index (χ2n) is 10.2. The van der Waals surface area contributed by atoms with E-state index in [1.54, 1.807) is 46.9 Å². The van der Waals surface area contributed by atoms with Crippen LogP contribution in [-0.4, -0.2) is 10.1 Å². The largest absolute Gasteiger partial charge is 2.00 e. The number of H-pyrrole nitrogens is 2. The molecule has 2 heterocycles. The van der Waals surface area contributed by atoms with Crippen molar-refractivity contribution < 1.29 is 20.2 Å². The van der Waals surface area contributed by atoms with Gasteiger partial charge in [0, 0.05) is 34.4 Å². The van der Waals surface area contributed by atoms with Crippen molar-refractivity contribution >= 4 is 53.2 Å². The number of thiazole rings is 2. The van der Waals surface area contributed by atoms with Crippen LogP contribution in [0, 0.1) is 0 Å². The second kappa shape index (κ2) is 13.2. The van der Waals surface area contributed by atoms with E-state index in [1.165, 1.54) is 31.7 Å². The Labute approximate surface area is 272 Å². The molecule has 0 aliphatic rings. The zero-order valence-electron chi connectivity index (χ0n) is 24.2. The number of hydrogen-bond acceptors (Lipinski definition) is 4. The Morgan fingerprint density at radius 2 is 0.733 bits per heavy atom. The summed E-state index contributed by atoms with van der Waals surface area (Å²) < 4.78 is 2.35. The van der Waals surface area contributed by atoms with Gasteiger partial charge in [-0.2, -0.15) is 9.97 Å². The molecule has 45 heavy (non-hydrogen) atoms. The summed E-state index contributed by atoms with van der Waals surface area (Å²) in [7, 11) is 0. The summed E-state index contributed by atoms with van der Waals surface area (Å²) in [6.07, 6.45) is 0. The third-order valence-corrected chi connectivity index (χ3v) is 9.71. The molecule has 4 nitrogen and oxygen atoms in total. The van der Waals surface area contributed by atoms with Crippen LogP contribution < -0.4 is 20.2 Å². The molecule has 2 N–H and O–H groups in total. The molecule has 0 bridgehead atoms. The van der Waals surface area contributed by atoms with Crippen LogP contribution in [-0.2, 0) is 0 Å². The summed E-state index contributed by atoms with van der Waals surface area (Å²) in [5.41, 5.74) is 8.32. The van der Waals surface area contributed by atoms with E-state index in [0.29, 0.717) is 0 Å². The maximum atomic E-state index is 12.0. The molecule has 8 aromatic rings. The number of para-hydroxylation sites is 2. The molecule has 0 spiro atoms. The SMILES string of the molecule is [Be+2].[O-]c1ccccc1-c1[nH+]c2cccc(-c3ccccc3)c2s1.[O-]c1ccccc1-c1[nH+]c2cccc(-c3ccccc3)c2s1. The monoisotopic (exact) mass is 615 g/mol. The quantitative estimate of drug-likeness (QED) is 0.189. The summed E-state index contributed by atoms with van der Waals surface area (Å²) in [4.78, 5) is 6.76. The smallest absolute Gasteiger partial charge is 0.872 e. The van der Waals surface area contributed by atoms with Gasteiger partial charge in [-0.1, -0.05) is 155 Å². The molecule has 0 unspecified atom stereocenters. The fourth-order valence-corrected chi connectivity index (χ4v) is 7.57. The fourth-order valence-electron chi connectivity index (χ4n) is 5.23. The van der Waals surface area contributed by atoms with Crippen molar-refractivity contribution in [2.24, 2.45) is 0 Å². The van der Waals surface area contributed by atoms with E-state index < -0.39 is 0 Å². The first-order valence-corrected chi connectivity index (χ1v) is 15.8. The van der Waals surface area contributed by atoms with Crippen molar-refractivity contribution in [2.75, 3.05) is 0 Å². The number of benzene rings is 6. The molecular formula is C38H26BeN2O2S2+2. The molecule has 2 aromatic heterocycles. The predicted molar refractivity (Wildman–Crippen MR) is 183 cm³/mol. The van der Waals surface area contributed by atoms with Gasteiger partial charge in [-0.15, -0.1) is 0 Å². The predicted octanol–water partition coefficient (Wildman–Crippen LogP) is 7.87. The molecule has 0 amide bonds. The van der Waals surface area contributed by atoms with Crippen molar-refractivity contribution in [3.63, 3.8) is 0 Å². The van der Waals surface area contributed by atoms with Crippen molar-refractivity contribution in [1.82, 2.24) is 0 Å². The Balaban J connectivity index is 0.000000155. The first-order chi connectivity index (χ1) is 21.7. The number of hydrogen-bond donors (Lipinski definition) is 0. The van der Waals surface area contributed by atoms with Gasteiger partial charge >= 0.3 is 10.1 Å². The average molecular weight is 616 g/mol. The Hall–Kier alpha value is -5.13. The Bertz CT molecular complexity index is 2050. The third kappa shape index (κ3) is 6.13. The van der Waals surface area contributed by atoms with Crippen molar-refractivity contribution in [3.8, 4) is 54.9 Å². The molecule has 0 saturated carbocycles. The summed E-state index contributed by atoms with van der Waals surface area (Å²) in [5.74, 6) is 0.0955. The molecule has 0 saturated heterocycles. The van der Waals surface area contributed by atoms with Gasteiger partial charge in [0.25, 0.3) is 10.0 Å². The van der Waals surface area contributed by atoms with Gasteiger partial charge < -0.3 is 10.2 Å². The van der Waals surface area contributed by atoms with Gasteiger partial charge in [0.05, 0.1) is 0 Å². The molecule has 0 radical (unpaired) electrons. The van der Waals surface area contributed by atoms with E-state index in [1.807, 2.05) is 72.8 Å². The first-order valence-electron chi connectivity index (χ1n) is 14.2. The summed E-state index contributed by atoms with van der Waals surface area (Å²) in [5, 5.41) is 25.9. The Morgan fingerprint density at radius 1 is 0.378 bits per heavy atom. The zero-order chi connectivity index (χ0) is 29.9. The molecule has 7 heteroatoms. The number of aromatic amines is 2. The molecule has 6 aromatic carbocycles. The van der Waals surface area contributed by atoms with Crippen LogP contribution in [0.5, 0.6) is 11.5 Å². The molecule has 0 aliphatic heterocycles. The molecule has 0 fully saturated rings. The standard InChI is InChI=1S/2C19H13NOS.Be/c2*21-17-12-5-4-9-15(17)19-20-16-11-6-10-14(18(16)22-19)13-7-2-1-3-8-13;/h2*1-12,21H;/q;;+2. The summed E-state index contributed by atoms with van der Waals surface area (Å²) in [6.45, 7) is 0. The molecular weight excluding hydrogens is 590 g/mol. The van der Waals surface area contributed by atoms with Crippen molar-refractivity contribution in [2.45, 2.75) is 0 Å². The van der Waals surface area contributed by atoms with Crippen LogP contribution in [0.25, 0.3) is 63.8 Å². The fraction of sp³-hybridized carbons (Fsp3) is 0. The van der Waals surface area contributed by atoms with Gasteiger partial charge in [-0.05, 0) is 23.3 Å². The third-order valence-electron chi connectivity index (χ3n) is 7.37.